The zero-order chi connectivity index (χ0) is 33.5. The first-order valence-electron chi connectivity index (χ1n) is 16.1. The number of carbonyl (C=O) groups excluding carboxylic acids is 5. The standard InChI is InChI=1S/C33H47N7O6/c1-19(2)29-33(45)35-20(3)18-46-27-12-8-7-10-24(27)30(42)36-25(13-14-28(41)40-17-9-11-26(40)32(44)37-29)31(43)34-16-15-23-21(4)38-39(6)22(23)5/h7-8,10,12,19-20,25-26,29H,9,11,13-18H2,1-6H3,(H,34,43)(H,35,45)(H,36,42)(H,37,44)/t20-,25-,26-,29+/m0/s1. The van der Waals surface area contributed by atoms with Crippen molar-refractivity contribution in [2.45, 2.75) is 90.9 Å². The van der Waals surface area contributed by atoms with Crippen molar-refractivity contribution in [3.8, 4) is 5.75 Å². The number of ether oxygens (including phenoxy) is 1. The maximum absolute atomic E-state index is 13.6. The van der Waals surface area contributed by atoms with Crippen LogP contribution in [0.5, 0.6) is 5.75 Å². The van der Waals surface area contributed by atoms with Crippen molar-refractivity contribution in [3.05, 3.63) is 46.8 Å². The van der Waals surface area contributed by atoms with Crippen LogP contribution in [0.25, 0.3) is 0 Å². The highest BCUT2D eigenvalue weighted by atomic mass is 16.5. The second-order valence-electron chi connectivity index (χ2n) is 12.6. The number of hydrogen-bond acceptors (Lipinski definition) is 7. The Bertz CT molecular complexity index is 1450. The van der Waals surface area contributed by atoms with E-state index in [2.05, 4.69) is 26.4 Å². The molecule has 0 aliphatic carbocycles. The summed E-state index contributed by atoms with van der Waals surface area (Å²) < 4.78 is 7.76. The minimum absolute atomic E-state index is 0.0310. The number of para-hydroxylation sites is 1. The molecule has 3 heterocycles. The van der Waals surface area contributed by atoms with E-state index < -0.39 is 36.0 Å². The molecule has 13 heteroatoms. The van der Waals surface area contributed by atoms with E-state index in [0.717, 1.165) is 17.0 Å². The second-order valence-corrected chi connectivity index (χ2v) is 12.6. The van der Waals surface area contributed by atoms with Gasteiger partial charge >= 0.3 is 0 Å². The number of nitrogens with one attached hydrogen (secondary N) is 4. The Balaban J connectivity index is 1.58. The van der Waals surface area contributed by atoms with Gasteiger partial charge in [0.15, 0.2) is 0 Å². The molecule has 4 N–H and O–H groups in total. The largest absolute Gasteiger partial charge is 0.491 e. The van der Waals surface area contributed by atoms with Crippen molar-refractivity contribution in [1.82, 2.24) is 35.9 Å². The minimum Gasteiger partial charge on any atom is -0.491 e. The van der Waals surface area contributed by atoms with Crippen LogP contribution < -0.4 is 26.0 Å². The Morgan fingerprint density at radius 1 is 1.07 bits per heavy atom. The summed E-state index contributed by atoms with van der Waals surface area (Å²) in [7, 11) is 1.87. The average Bonchev–Trinajstić information content (AvgIpc) is 3.60. The lowest BCUT2D eigenvalue weighted by molar-refractivity contribution is -0.140. The summed E-state index contributed by atoms with van der Waals surface area (Å²) in [5.41, 5.74) is 3.16. The van der Waals surface area contributed by atoms with Gasteiger partial charge in [0.05, 0.1) is 17.3 Å². The molecule has 250 valence electrons. The highest BCUT2D eigenvalue weighted by Gasteiger charge is 2.37. The third kappa shape index (κ3) is 8.24. The zero-order valence-corrected chi connectivity index (χ0v) is 27.6. The summed E-state index contributed by atoms with van der Waals surface area (Å²) in [5, 5.41) is 15.9. The SMILES string of the molecule is Cc1nn(C)c(C)c1CCNC(=O)[C@@H]1CCC(=O)N2CCC[C@H]2C(=O)N[C@H](C(C)C)C(=O)N[C@@H](C)COc2ccccc2C(=O)N1. The van der Waals surface area contributed by atoms with Gasteiger partial charge in [-0.25, -0.2) is 0 Å². The highest BCUT2D eigenvalue weighted by molar-refractivity contribution is 6.00. The maximum Gasteiger partial charge on any atom is 0.255 e. The number of rotatable bonds is 5. The van der Waals surface area contributed by atoms with Crippen LogP contribution in [0.4, 0.5) is 0 Å². The summed E-state index contributed by atoms with van der Waals surface area (Å²) in [4.78, 5) is 68.6. The van der Waals surface area contributed by atoms with Gasteiger partial charge in [0.1, 0.15) is 30.5 Å². The summed E-state index contributed by atoms with van der Waals surface area (Å²) in [5.74, 6) is -1.91. The molecule has 0 bridgehead atoms. The van der Waals surface area contributed by atoms with Gasteiger partial charge in [0.25, 0.3) is 5.91 Å². The molecular weight excluding hydrogens is 590 g/mol. The van der Waals surface area contributed by atoms with Crippen LogP contribution in [0.3, 0.4) is 0 Å². The molecule has 1 aromatic heterocycles. The van der Waals surface area contributed by atoms with E-state index in [1.165, 1.54) is 4.90 Å². The summed E-state index contributed by atoms with van der Waals surface area (Å²) in [6.45, 7) is 10.1. The van der Waals surface area contributed by atoms with Crippen LogP contribution in [0, 0.1) is 19.8 Å². The van der Waals surface area contributed by atoms with E-state index in [-0.39, 0.29) is 54.4 Å². The van der Waals surface area contributed by atoms with E-state index >= 15 is 0 Å². The summed E-state index contributed by atoms with van der Waals surface area (Å²) in [6, 6.07) is 3.66. The average molecular weight is 638 g/mol. The van der Waals surface area contributed by atoms with E-state index in [4.69, 9.17) is 4.74 Å². The molecule has 4 atom stereocenters. The Kier molecular flexibility index (Phi) is 11.4. The van der Waals surface area contributed by atoms with Crippen LogP contribution >= 0.6 is 0 Å². The van der Waals surface area contributed by atoms with Gasteiger partial charge in [-0.15, -0.1) is 0 Å². The van der Waals surface area contributed by atoms with Crippen LogP contribution in [-0.2, 0) is 32.6 Å². The van der Waals surface area contributed by atoms with Crippen LogP contribution in [0.1, 0.15) is 73.8 Å². The predicted molar refractivity (Wildman–Crippen MR) is 171 cm³/mol. The third-order valence-electron chi connectivity index (χ3n) is 8.73. The molecule has 1 fully saturated rings. The van der Waals surface area contributed by atoms with Gasteiger partial charge in [-0.2, -0.15) is 5.10 Å². The third-order valence-corrected chi connectivity index (χ3v) is 8.73. The molecule has 46 heavy (non-hydrogen) atoms. The smallest absolute Gasteiger partial charge is 0.255 e. The van der Waals surface area contributed by atoms with Crippen molar-refractivity contribution in [3.63, 3.8) is 0 Å². The fourth-order valence-electron chi connectivity index (χ4n) is 6.02. The first-order valence-corrected chi connectivity index (χ1v) is 16.1. The number of benzene rings is 1. The normalized spacial score (nSPS) is 23.3. The van der Waals surface area contributed by atoms with Gasteiger partial charge in [-0.1, -0.05) is 26.0 Å². The molecule has 4 rings (SSSR count). The lowest BCUT2D eigenvalue weighted by Crippen LogP contribution is -2.56. The van der Waals surface area contributed by atoms with Crippen molar-refractivity contribution >= 4 is 29.5 Å². The number of aryl methyl sites for hydroxylation is 2. The molecule has 0 spiro atoms. The van der Waals surface area contributed by atoms with Gasteiger partial charge in [-0.05, 0) is 70.1 Å². The second kappa shape index (κ2) is 15.2. The molecule has 13 nitrogen and oxygen atoms in total. The molecule has 5 amide bonds. The first-order chi connectivity index (χ1) is 21.9. The van der Waals surface area contributed by atoms with Gasteiger partial charge in [-0.3, -0.25) is 28.7 Å². The molecule has 0 saturated carbocycles. The molecule has 0 radical (unpaired) electrons. The maximum atomic E-state index is 13.6. The monoisotopic (exact) mass is 637 g/mol. The Morgan fingerprint density at radius 2 is 1.80 bits per heavy atom. The molecule has 2 aromatic rings. The molecule has 1 saturated heterocycles. The lowest BCUT2D eigenvalue weighted by Gasteiger charge is -2.29. The quantitative estimate of drug-likeness (QED) is 0.384. The van der Waals surface area contributed by atoms with Crippen LogP contribution in [-0.4, -0.2) is 88.1 Å². The van der Waals surface area contributed by atoms with Crippen molar-refractivity contribution in [2.24, 2.45) is 13.0 Å². The summed E-state index contributed by atoms with van der Waals surface area (Å²) in [6.07, 6.45) is 1.64. The molecule has 0 unspecified atom stereocenters. The van der Waals surface area contributed by atoms with Gasteiger partial charge < -0.3 is 30.9 Å². The number of nitrogens with zero attached hydrogens (tertiary/aromatic N) is 3. The fourth-order valence-corrected chi connectivity index (χ4v) is 6.02. The molecule has 2 aliphatic rings. The van der Waals surface area contributed by atoms with Gasteiger partial charge in [0, 0.05) is 32.3 Å². The minimum atomic E-state index is -1.02. The first kappa shape index (κ1) is 34.5. The summed E-state index contributed by atoms with van der Waals surface area (Å²) >= 11 is 0. The Labute approximate surface area is 270 Å². The molecule has 1 aromatic carbocycles. The van der Waals surface area contributed by atoms with E-state index in [9.17, 15) is 24.0 Å². The van der Waals surface area contributed by atoms with E-state index in [1.54, 1.807) is 35.9 Å². The number of aromatic nitrogens is 2. The van der Waals surface area contributed by atoms with Crippen LogP contribution in [0.15, 0.2) is 24.3 Å². The van der Waals surface area contributed by atoms with E-state index in [0.29, 0.717) is 32.4 Å². The van der Waals surface area contributed by atoms with Crippen LogP contribution in [0.2, 0.25) is 0 Å². The zero-order valence-electron chi connectivity index (χ0n) is 27.6. The number of hydrogen-bond donors (Lipinski definition) is 4. The van der Waals surface area contributed by atoms with Gasteiger partial charge in [0.2, 0.25) is 23.6 Å². The number of amides is 5. The number of carbonyl (C=O) groups is 5. The number of fused-ring (bicyclic) bond motifs is 2. The van der Waals surface area contributed by atoms with Crippen molar-refractivity contribution < 1.29 is 28.7 Å². The molecular formula is C33H47N7O6. The van der Waals surface area contributed by atoms with E-state index in [1.807, 2.05) is 34.7 Å². The van der Waals surface area contributed by atoms with Crippen molar-refractivity contribution in [1.29, 1.82) is 0 Å². The molecule has 2 aliphatic heterocycles. The lowest BCUT2D eigenvalue weighted by atomic mass is 10.0. The fraction of sp³-hybridized carbons (Fsp3) is 0.576. The Morgan fingerprint density at radius 3 is 2.50 bits per heavy atom. The Hall–Kier alpha value is -4.42. The predicted octanol–water partition coefficient (Wildman–Crippen LogP) is 1.30. The van der Waals surface area contributed by atoms with Crippen molar-refractivity contribution in [2.75, 3.05) is 19.7 Å². The highest BCUT2D eigenvalue weighted by Crippen LogP contribution is 2.22. The topological polar surface area (TPSA) is 164 Å².